The molecule has 1 aliphatic rings. The highest BCUT2D eigenvalue weighted by atomic mass is 35.5. The summed E-state index contributed by atoms with van der Waals surface area (Å²) in [5.41, 5.74) is 2.09. The highest BCUT2D eigenvalue weighted by Gasteiger charge is 2.18. The van der Waals surface area contributed by atoms with Crippen molar-refractivity contribution in [3.63, 3.8) is 0 Å². The third-order valence-electron chi connectivity index (χ3n) is 3.57. The van der Waals surface area contributed by atoms with Crippen LogP contribution in [0.1, 0.15) is 25.1 Å². The third kappa shape index (κ3) is 2.88. The fraction of sp³-hybridized carbons (Fsp3) is 0.500. The second kappa shape index (κ2) is 5.94. The van der Waals surface area contributed by atoms with Crippen LogP contribution < -0.4 is 0 Å². The molecule has 0 spiro atoms. The van der Waals surface area contributed by atoms with E-state index < -0.39 is 0 Å². The molecule has 2 heterocycles. The van der Waals surface area contributed by atoms with E-state index in [4.69, 9.17) is 23.2 Å². The fourth-order valence-electron chi connectivity index (χ4n) is 2.61. The van der Waals surface area contributed by atoms with E-state index in [1.807, 2.05) is 18.2 Å². The SMILES string of the molecule is ClCc1nc2ccc(Cl)cc2n1CC1CCCCS1. The van der Waals surface area contributed by atoms with Crippen molar-refractivity contribution in [3.05, 3.63) is 29.0 Å². The quantitative estimate of drug-likeness (QED) is 0.763. The van der Waals surface area contributed by atoms with Gasteiger partial charge in [-0.05, 0) is 36.8 Å². The molecule has 1 fully saturated rings. The fourth-order valence-corrected chi connectivity index (χ4v) is 4.27. The van der Waals surface area contributed by atoms with Crippen LogP contribution in [0.25, 0.3) is 11.0 Å². The van der Waals surface area contributed by atoms with Crippen molar-refractivity contribution in [2.75, 3.05) is 5.75 Å². The van der Waals surface area contributed by atoms with Gasteiger partial charge in [0.15, 0.2) is 0 Å². The summed E-state index contributed by atoms with van der Waals surface area (Å²) in [4.78, 5) is 4.60. The number of aromatic nitrogens is 2. The van der Waals surface area contributed by atoms with Gasteiger partial charge in [0, 0.05) is 16.8 Å². The first-order chi connectivity index (χ1) is 9.28. The van der Waals surface area contributed by atoms with Gasteiger partial charge in [-0.15, -0.1) is 11.6 Å². The third-order valence-corrected chi connectivity index (χ3v) is 5.42. The van der Waals surface area contributed by atoms with E-state index in [2.05, 4.69) is 21.3 Å². The second-order valence-corrected chi connectivity index (χ2v) is 7.01. The molecule has 0 N–H and O–H groups in total. The molecular formula is C14H16Cl2N2S. The number of fused-ring (bicyclic) bond motifs is 1. The van der Waals surface area contributed by atoms with Crippen molar-refractivity contribution in [2.24, 2.45) is 0 Å². The normalized spacial score (nSPS) is 20.0. The molecule has 5 heteroatoms. The number of hydrogen-bond donors (Lipinski definition) is 0. The van der Waals surface area contributed by atoms with Crippen molar-refractivity contribution in [2.45, 2.75) is 36.9 Å². The smallest absolute Gasteiger partial charge is 0.124 e. The Morgan fingerprint density at radius 1 is 1.37 bits per heavy atom. The number of alkyl halides is 1. The van der Waals surface area contributed by atoms with Gasteiger partial charge >= 0.3 is 0 Å². The standard InChI is InChI=1S/C14H16Cl2N2S/c15-8-14-17-12-5-4-10(16)7-13(12)18(14)9-11-3-1-2-6-19-11/h4-5,7,11H,1-3,6,8-9H2. The Morgan fingerprint density at radius 3 is 3.00 bits per heavy atom. The van der Waals surface area contributed by atoms with Crippen LogP contribution in [-0.2, 0) is 12.4 Å². The van der Waals surface area contributed by atoms with Crippen molar-refractivity contribution in [3.8, 4) is 0 Å². The van der Waals surface area contributed by atoms with Gasteiger partial charge in [0.1, 0.15) is 5.82 Å². The van der Waals surface area contributed by atoms with E-state index in [9.17, 15) is 0 Å². The van der Waals surface area contributed by atoms with Gasteiger partial charge in [0.25, 0.3) is 0 Å². The maximum Gasteiger partial charge on any atom is 0.124 e. The average Bonchev–Trinajstić information content (AvgIpc) is 2.78. The van der Waals surface area contributed by atoms with E-state index in [0.29, 0.717) is 11.1 Å². The van der Waals surface area contributed by atoms with Crippen LogP contribution >= 0.6 is 35.0 Å². The molecule has 0 saturated carbocycles. The number of rotatable bonds is 3. The minimum atomic E-state index is 0.448. The Bertz CT molecular complexity index is 576. The molecule has 102 valence electrons. The largest absolute Gasteiger partial charge is 0.326 e. The lowest BCUT2D eigenvalue weighted by Gasteiger charge is -2.22. The van der Waals surface area contributed by atoms with E-state index in [0.717, 1.165) is 28.4 Å². The number of nitrogens with zero attached hydrogens (tertiary/aromatic N) is 2. The summed E-state index contributed by atoms with van der Waals surface area (Å²) < 4.78 is 2.25. The van der Waals surface area contributed by atoms with Crippen molar-refractivity contribution in [1.29, 1.82) is 0 Å². The molecule has 0 bridgehead atoms. The zero-order valence-corrected chi connectivity index (χ0v) is 12.9. The summed E-state index contributed by atoms with van der Waals surface area (Å²) in [6, 6.07) is 5.85. The van der Waals surface area contributed by atoms with Gasteiger partial charge < -0.3 is 4.57 Å². The van der Waals surface area contributed by atoms with Gasteiger partial charge in [-0.1, -0.05) is 18.0 Å². The number of benzene rings is 1. The van der Waals surface area contributed by atoms with Crippen molar-refractivity contribution < 1.29 is 0 Å². The van der Waals surface area contributed by atoms with Crippen LogP contribution in [0, 0.1) is 0 Å². The monoisotopic (exact) mass is 314 g/mol. The van der Waals surface area contributed by atoms with Crippen molar-refractivity contribution in [1.82, 2.24) is 9.55 Å². The topological polar surface area (TPSA) is 17.8 Å². The Balaban J connectivity index is 1.97. The van der Waals surface area contributed by atoms with Crippen LogP contribution in [0.3, 0.4) is 0 Å². The van der Waals surface area contributed by atoms with Crippen LogP contribution in [0.2, 0.25) is 5.02 Å². The Labute approximate surface area is 127 Å². The number of halogens is 2. The maximum atomic E-state index is 6.11. The molecule has 0 radical (unpaired) electrons. The van der Waals surface area contributed by atoms with Crippen LogP contribution in [0.5, 0.6) is 0 Å². The molecular weight excluding hydrogens is 299 g/mol. The molecule has 2 aromatic rings. The van der Waals surface area contributed by atoms with Crippen LogP contribution in [-0.4, -0.2) is 20.6 Å². The average molecular weight is 315 g/mol. The number of hydrogen-bond acceptors (Lipinski definition) is 2. The summed E-state index contributed by atoms with van der Waals surface area (Å²) in [6.07, 6.45) is 3.97. The molecule has 2 nitrogen and oxygen atoms in total. The molecule has 1 aliphatic heterocycles. The lowest BCUT2D eigenvalue weighted by molar-refractivity contribution is 0.582. The zero-order valence-electron chi connectivity index (χ0n) is 10.6. The first-order valence-corrected chi connectivity index (χ1v) is 8.56. The van der Waals surface area contributed by atoms with E-state index in [1.54, 1.807) is 0 Å². The molecule has 1 aromatic heterocycles. The van der Waals surface area contributed by atoms with E-state index in [-0.39, 0.29) is 0 Å². The first kappa shape index (κ1) is 13.6. The molecule has 1 saturated heterocycles. The lowest BCUT2D eigenvalue weighted by Crippen LogP contribution is -2.18. The van der Waals surface area contributed by atoms with E-state index >= 15 is 0 Å². The van der Waals surface area contributed by atoms with Crippen molar-refractivity contribution >= 4 is 46.0 Å². The summed E-state index contributed by atoms with van der Waals surface area (Å²) >= 11 is 14.2. The summed E-state index contributed by atoms with van der Waals surface area (Å²) in [5, 5.41) is 1.43. The minimum Gasteiger partial charge on any atom is -0.326 e. The van der Waals surface area contributed by atoms with Gasteiger partial charge in [-0.25, -0.2) is 4.98 Å². The molecule has 0 amide bonds. The molecule has 3 rings (SSSR count). The molecule has 19 heavy (non-hydrogen) atoms. The zero-order chi connectivity index (χ0) is 13.2. The Morgan fingerprint density at radius 2 is 2.26 bits per heavy atom. The first-order valence-electron chi connectivity index (χ1n) is 6.60. The van der Waals surface area contributed by atoms with Gasteiger partial charge in [0.2, 0.25) is 0 Å². The Kier molecular flexibility index (Phi) is 4.25. The van der Waals surface area contributed by atoms with Crippen LogP contribution in [0.4, 0.5) is 0 Å². The molecule has 1 aromatic carbocycles. The van der Waals surface area contributed by atoms with Gasteiger partial charge in [0.05, 0.1) is 16.9 Å². The maximum absolute atomic E-state index is 6.11. The lowest BCUT2D eigenvalue weighted by atomic mass is 10.2. The minimum absolute atomic E-state index is 0.448. The predicted octanol–water partition coefficient (Wildman–Crippen LogP) is 4.71. The van der Waals surface area contributed by atoms with Gasteiger partial charge in [-0.2, -0.15) is 11.8 Å². The predicted molar refractivity (Wildman–Crippen MR) is 84.4 cm³/mol. The number of imidazole rings is 1. The van der Waals surface area contributed by atoms with E-state index in [1.165, 1.54) is 25.0 Å². The Hall–Kier alpha value is -0.380. The number of thioether (sulfide) groups is 1. The summed E-state index contributed by atoms with van der Waals surface area (Å²) in [5.74, 6) is 2.67. The molecule has 0 aliphatic carbocycles. The highest BCUT2D eigenvalue weighted by molar-refractivity contribution is 7.99. The second-order valence-electron chi connectivity index (χ2n) is 4.89. The molecule has 1 atom stereocenters. The van der Waals surface area contributed by atoms with Gasteiger partial charge in [-0.3, -0.25) is 0 Å². The molecule has 1 unspecified atom stereocenters. The summed E-state index contributed by atoms with van der Waals surface area (Å²) in [7, 11) is 0. The van der Waals surface area contributed by atoms with Crippen LogP contribution in [0.15, 0.2) is 18.2 Å². The summed E-state index contributed by atoms with van der Waals surface area (Å²) in [6.45, 7) is 0.990. The highest BCUT2D eigenvalue weighted by Crippen LogP contribution is 2.29.